The van der Waals surface area contributed by atoms with Crippen molar-refractivity contribution < 1.29 is 19.1 Å². The largest absolute Gasteiger partial charge is 0.466 e. The molecule has 0 unspecified atom stereocenters. The van der Waals surface area contributed by atoms with E-state index in [1.807, 2.05) is 0 Å². The summed E-state index contributed by atoms with van der Waals surface area (Å²) >= 11 is 0. The van der Waals surface area contributed by atoms with Gasteiger partial charge in [0.2, 0.25) is 0 Å². The van der Waals surface area contributed by atoms with Gasteiger partial charge in [-0.25, -0.2) is 9.59 Å². The molecule has 0 amide bonds. The molecule has 0 atom stereocenters. The van der Waals surface area contributed by atoms with Crippen molar-refractivity contribution in [3.05, 3.63) is 11.1 Å². The van der Waals surface area contributed by atoms with Gasteiger partial charge in [0.05, 0.1) is 14.2 Å². The first-order valence-electron chi connectivity index (χ1n) is 4.50. The summed E-state index contributed by atoms with van der Waals surface area (Å²) in [4.78, 5) is 22.6. The molecule has 0 aromatic carbocycles. The zero-order valence-corrected chi connectivity index (χ0v) is 9.05. The molecule has 0 aromatic rings. The number of ether oxygens (including phenoxy) is 2. The minimum Gasteiger partial charge on any atom is -0.466 e. The van der Waals surface area contributed by atoms with Crippen LogP contribution in [0.15, 0.2) is 11.1 Å². The van der Waals surface area contributed by atoms with Gasteiger partial charge in [0, 0.05) is 11.1 Å². The number of rotatable bonds is 4. The molecule has 0 rings (SSSR count). The van der Waals surface area contributed by atoms with E-state index in [4.69, 9.17) is 0 Å². The summed E-state index contributed by atoms with van der Waals surface area (Å²) in [6.07, 6.45) is 0.926. The summed E-state index contributed by atoms with van der Waals surface area (Å²) in [7, 11) is 2.59. The average molecular weight is 200 g/mol. The standard InChI is InChI=1S/C10H16O4/c1-5-7(9(11)13-3)8(6-2)10(12)14-4/h5-6H2,1-4H3/b8-7+. The van der Waals surface area contributed by atoms with E-state index in [0.29, 0.717) is 24.0 Å². The maximum Gasteiger partial charge on any atom is 0.334 e. The second-order valence-electron chi connectivity index (χ2n) is 2.65. The Morgan fingerprint density at radius 3 is 1.29 bits per heavy atom. The van der Waals surface area contributed by atoms with Gasteiger partial charge in [-0.05, 0) is 12.8 Å². The topological polar surface area (TPSA) is 52.6 Å². The van der Waals surface area contributed by atoms with Crippen molar-refractivity contribution in [3.8, 4) is 0 Å². The molecule has 0 N–H and O–H groups in total. The Bertz CT molecular complexity index is 227. The van der Waals surface area contributed by atoms with Crippen molar-refractivity contribution >= 4 is 11.9 Å². The highest BCUT2D eigenvalue weighted by Crippen LogP contribution is 2.15. The van der Waals surface area contributed by atoms with Crippen LogP contribution in [0.25, 0.3) is 0 Å². The van der Waals surface area contributed by atoms with E-state index in [-0.39, 0.29) is 0 Å². The van der Waals surface area contributed by atoms with Crippen LogP contribution in [0.1, 0.15) is 26.7 Å². The lowest BCUT2D eigenvalue weighted by Gasteiger charge is -2.08. The smallest absolute Gasteiger partial charge is 0.334 e. The Hall–Kier alpha value is -1.32. The molecule has 4 heteroatoms. The molecular formula is C10H16O4. The van der Waals surface area contributed by atoms with Crippen molar-refractivity contribution in [2.24, 2.45) is 0 Å². The lowest BCUT2D eigenvalue weighted by Crippen LogP contribution is -2.13. The molecule has 0 bridgehead atoms. The number of methoxy groups -OCH3 is 2. The van der Waals surface area contributed by atoms with E-state index in [1.165, 1.54) is 14.2 Å². The Morgan fingerprint density at radius 1 is 0.857 bits per heavy atom. The second-order valence-corrected chi connectivity index (χ2v) is 2.65. The highest BCUT2D eigenvalue weighted by atomic mass is 16.5. The summed E-state index contributed by atoms with van der Waals surface area (Å²) in [5.41, 5.74) is 0.781. The molecule has 0 fully saturated rings. The molecule has 14 heavy (non-hydrogen) atoms. The lowest BCUT2D eigenvalue weighted by molar-refractivity contribution is -0.139. The third-order valence-corrected chi connectivity index (χ3v) is 1.93. The van der Waals surface area contributed by atoms with E-state index < -0.39 is 11.9 Å². The average Bonchev–Trinajstić information content (AvgIpc) is 2.23. The number of carbonyl (C=O) groups excluding carboxylic acids is 2. The first kappa shape index (κ1) is 12.7. The summed E-state index contributed by atoms with van der Waals surface area (Å²) in [5, 5.41) is 0. The maximum absolute atomic E-state index is 11.3. The van der Waals surface area contributed by atoms with Crippen LogP contribution in [-0.4, -0.2) is 26.2 Å². The fourth-order valence-electron chi connectivity index (χ4n) is 1.21. The first-order valence-corrected chi connectivity index (χ1v) is 4.50. The minimum absolute atomic E-state index is 0.391. The molecule has 80 valence electrons. The summed E-state index contributed by atoms with van der Waals surface area (Å²) in [6, 6.07) is 0. The van der Waals surface area contributed by atoms with Crippen LogP contribution in [0.4, 0.5) is 0 Å². The fourth-order valence-corrected chi connectivity index (χ4v) is 1.21. The highest BCUT2D eigenvalue weighted by molar-refractivity contribution is 6.00. The summed E-state index contributed by atoms with van der Waals surface area (Å²) in [6.45, 7) is 3.59. The third kappa shape index (κ3) is 2.87. The van der Waals surface area contributed by atoms with Gasteiger partial charge in [-0.15, -0.1) is 0 Å². The Morgan fingerprint density at radius 2 is 1.14 bits per heavy atom. The monoisotopic (exact) mass is 200 g/mol. The maximum atomic E-state index is 11.3. The third-order valence-electron chi connectivity index (χ3n) is 1.93. The Kier molecular flexibility index (Phi) is 5.60. The number of hydrogen-bond acceptors (Lipinski definition) is 4. The van der Waals surface area contributed by atoms with Gasteiger partial charge in [0.15, 0.2) is 0 Å². The van der Waals surface area contributed by atoms with Crippen LogP contribution in [0.5, 0.6) is 0 Å². The normalized spacial score (nSPS) is 11.7. The van der Waals surface area contributed by atoms with Crippen LogP contribution >= 0.6 is 0 Å². The summed E-state index contributed by atoms with van der Waals surface area (Å²) < 4.78 is 9.15. The first-order chi connectivity index (χ1) is 6.62. The van der Waals surface area contributed by atoms with Crippen molar-refractivity contribution in [2.45, 2.75) is 26.7 Å². The molecule has 0 heterocycles. The van der Waals surface area contributed by atoms with Gasteiger partial charge in [0.1, 0.15) is 0 Å². The zero-order valence-electron chi connectivity index (χ0n) is 9.05. The quantitative estimate of drug-likeness (QED) is 0.509. The lowest BCUT2D eigenvalue weighted by atomic mass is 10.0. The van der Waals surface area contributed by atoms with E-state index in [0.717, 1.165) is 0 Å². The van der Waals surface area contributed by atoms with Gasteiger partial charge in [0.25, 0.3) is 0 Å². The number of hydrogen-bond donors (Lipinski definition) is 0. The molecule has 0 aliphatic heterocycles. The molecule has 0 aliphatic carbocycles. The van der Waals surface area contributed by atoms with Crippen LogP contribution in [0, 0.1) is 0 Å². The van der Waals surface area contributed by atoms with Crippen LogP contribution < -0.4 is 0 Å². The zero-order chi connectivity index (χ0) is 11.1. The molecule has 0 saturated heterocycles. The van der Waals surface area contributed by atoms with Gasteiger partial charge in [-0.3, -0.25) is 0 Å². The molecule has 4 nitrogen and oxygen atoms in total. The van der Waals surface area contributed by atoms with Gasteiger partial charge >= 0.3 is 11.9 Å². The SMILES string of the molecule is CC/C(C(=O)OC)=C(/CC)C(=O)OC. The predicted molar refractivity (Wildman–Crippen MR) is 51.6 cm³/mol. The highest BCUT2D eigenvalue weighted by Gasteiger charge is 2.18. The van der Waals surface area contributed by atoms with Crippen molar-refractivity contribution in [2.75, 3.05) is 14.2 Å². The summed E-state index contributed by atoms with van der Waals surface area (Å²) in [5.74, 6) is -0.926. The van der Waals surface area contributed by atoms with Crippen LogP contribution in [0.3, 0.4) is 0 Å². The van der Waals surface area contributed by atoms with E-state index in [9.17, 15) is 9.59 Å². The molecular weight excluding hydrogens is 184 g/mol. The number of carbonyl (C=O) groups is 2. The fraction of sp³-hybridized carbons (Fsp3) is 0.600. The molecule has 0 aromatic heterocycles. The molecule has 0 saturated carbocycles. The van der Waals surface area contributed by atoms with Gasteiger partial charge < -0.3 is 9.47 Å². The molecule has 0 spiro atoms. The number of esters is 2. The van der Waals surface area contributed by atoms with Crippen LogP contribution in [0.2, 0.25) is 0 Å². The van der Waals surface area contributed by atoms with Crippen molar-refractivity contribution in [3.63, 3.8) is 0 Å². The second kappa shape index (κ2) is 6.18. The van der Waals surface area contributed by atoms with Crippen molar-refractivity contribution in [1.82, 2.24) is 0 Å². The van der Waals surface area contributed by atoms with Crippen LogP contribution in [-0.2, 0) is 19.1 Å². The van der Waals surface area contributed by atoms with E-state index >= 15 is 0 Å². The van der Waals surface area contributed by atoms with Gasteiger partial charge in [-0.1, -0.05) is 13.8 Å². The van der Waals surface area contributed by atoms with Crippen molar-refractivity contribution in [1.29, 1.82) is 0 Å². The molecule has 0 radical (unpaired) electrons. The predicted octanol–water partition coefficient (Wildman–Crippen LogP) is 1.45. The Balaban J connectivity index is 5.11. The van der Waals surface area contributed by atoms with Gasteiger partial charge in [-0.2, -0.15) is 0 Å². The van der Waals surface area contributed by atoms with E-state index in [1.54, 1.807) is 13.8 Å². The minimum atomic E-state index is -0.463. The Labute approximate surface area is 83.9 Å². The molecule has 0 aliphatic rings. The van der Waals surface area contributed by atoms with E-state index in [2.05, 4.69) is 9.47 Å².